The van der Waals surface area contributed by atoms with E-state index in [-0.39, 0.29) is 16.8 Å². The van der Waals surface area contributed by atoms with Gasteiger partial charge in [-0.3, -0.25) is 0 Å². The lowest BCUT2D eigenvalue weighted by Crippen LogP contribution is -2.26. The summed E-state index contributed by atoms with van der Waals surface area (Å²) in [5, 5.41) is 4.07. The van der Waals surface area contributed by atoms with Gasteiger partial charge in [-0.25, -0.2) is 17.8 Å². The highest BCUT2D eigenvalue weighted by molar-refractivity contribution is 7.89. The van der Waals surface area contributed by atoms with Crippen LogP contribution in [0.2, 0.25) is 0 Å². The van der Waals surface area contributed by atoms with Crippen LogP contribution in [0.25, 0.3) is 0 Å². The maximum atomic E-state index is 12.1. The van der Waals surface area contributed by atoms with Gasteiger partial charge in [-0.2, -0.15) is 5.10 Å². The number of rotatable bonds is 7. The standard InChI is InChI=1S/C12H24N4O2S/c1-5-10(4)16-12(13)11(8-14-16)19(17,18)15-7-6-9(2)3/h8-10,15H,5-7,13H2,1-4H3. The average Bonchev–Trinajstić information content (AvgIpc) is 2.70. The van der Waals surface area contributed by atoms with Crippen molar-refractivity contribution in [2.45, 2.75) is 51.5 Å². The SMILES string of the molecule is CCC(C)n1ncc(S(=O)(=O)NCCC(C)C)c1N. The number of sulfonamides is 1. The quantitative estimate of drug-likeness (QED) is 0.800. The van der Waals surface area contributed by atoms with Crippen molar-refractivity contribution in [1.82, 2.24) is 14.5 Å². The van der Waals surface area contributed by atoms with Gasteiger partial charge in [0.15, 0.2) is 0 Å². The average molecular weight is 288 g/mol. The minimum atomic E-state index is -3.57. The Balaban J connectivity index is 2.87. The maximum absolute atomic E-state index is 12.1. The van der Waals surface area contributed by atoms with E-state index in [4.69, 9.17) is 5.73 Å². The van der Waals surface area contributed by atoms with Crippen molar-refractivity contribution in [3.05, 3.63) is 6.20 Å². The first kappa shape index (κ1) is 16.0. The third-order valence-corrected chi connectivity index (χ3v) is 4.59. The Labute approximate surface area is 115 Å². The lowest BCUT2D eigenvalue weighted by molar-refractivity contribution is 0.484. The predicted octanol–water partition coefficient (Wildman–Crippen LogP) is 1.76. The van der Waals surface area contributed by atoms with Crippen LogP contribution in [0, 0.1) is 5.92 Å². The molecule has 0 amide bonds. The van der Waals surface area contributed by atoms with Gasteiger partial charge in [0.05, 0.1) is 12.2 Å². The van der Waals surface area contributed by atoms with E-state index in [1.54, 1.807) is 4.68 Å². The van der Waals surface area contributed by atoms with Gasteiger partial charge < -0.3 is 5.73 Å². The van der Waals surface area contributed by atoms with E-state index < -0.39 is 10.0 Å². The summed E-state index contributed by atoms with van der Waals surface area (Å²) < 4.78 is 28.3. The molecule has 6 nitrogen and oxygen atoms in total. The minimum Gasteiger partial charge on any atom is -0.383 e. The van der Waals surface area contributed by atoms with Gasteiger partial charge in [0.25, 0.3) is 0 Å². The fraction of sp³-hybridized carbons (Fsp3) is 0.750. The van der Waals surface area contributed by atoms with Crippen molar-refractivity contribution < 1.29 is 8.42 Å². The molecule has 1 aromatic rings. The summed E-state index contributed by atoms with van der Waals surface area (Å²) in [6.07, 6.45) is 2.95. The first-order valence-corrected chi connectivity index (χ1v) is 8.10. The van der Waals surface area contributed by atoms with E-state index in [9.17, 15) is 8.42 Å². The summed E-state index contributed by atoms with van der Waals surface area (Å²) in [6, 6.07) is 0.0830. The molecule has 19 heavy (non-hydrogen) atoms. The topological polar surface area (TPSA) is 90.0 Å². The fourth-order valence-corrected chi connectivity index (χ4v) is 2.74. The van der Waals surface area contributed by atoms with Gasteiger partial charge in [-0.05, 0) is 25.7 Å². The second kappa shape index (κ2) is 6.38. The van der Waals surface area contributed by atoms with Gasteiger partial charge >= 0.3 is 0 Å². The number of hydrogen-bond donors (Lipinski definition) is 2. The number of nitrogens with zero attached hydrogens (tertiary/aromatic N) is 2. The second-order valence-corrected chi connectivity index (χ2v) is 6.91. The van der Waals surface area contributed by atoms with Crippen LogP contribution in [0.4, 0.5) is 5.82 Å². The highest BCUT2D eigenvalue weighted by atomic mass is 32.2. The number of anilines is 1. The first-order valence-electron chi connectivity index (χ1n) is 6.62. The molecular weight excluding hydrogens is 264 g/mol. The van der Waals surface area contributed by atoms with E-state index in [0.717, 1.165) is 12.8 Å². The van der Waals surface area contributed by atoms with Crippen LogP contribution in [-0.4, -0.2) is 24.7 Å². The van der Waals surface area contributed by atoms with E-state index >= 15 is 0 Å². The van der Waals surface area contributed by atoms with Crippen LogP contribution in [0.3, 0.4) is 0 Å². The monoisotopic (exact) mass is 288 g/mol. The van der Waals surface area contributed by atoms with E-state index in [1.807, 2.05) is 27.7 Å². The Bertz CT molecular complexity index is 508. The molecule has 0 aliphatic carbocycles. The lowest BCUT2D eigenvalue weighted by Gasteiger charge is -2.12. The molecule has 0 spiro atoms. The summed E-state index contributed by atoms with van der Waals surface area (Å²) in [6.45, 7) is 8.45. The third kappa shape index (κ3) is 3.94. The van der Waals surface area contributed by atoms with Gasteiger partial charge in [-0.15, -0.1) is 0 Å². The molecule has 0 aliphatic rings. The molecule has 0 saturated carbocycles. The molecule has 3 N–H and O–H groups in total. The number of hydrogen-bond acceptors (Lipinski definition) is 4. The Hall–Kier alpha value is -1.08. The molecule has 0 fully saturated rings. The van der Waals surface area contributed by atoms with Crippen molar-refractivity contribution in [3.8, 4) is 0 Å². The molecule has 110 valence electrons. The molecule has 0 aromatic carbocycles. The van der Waals surface area contributed by atoms with Crippen molar-refractivity contribution in [1.29, 1.82) is 0 Å². The van der Waals surface area contributed by atoms with Crippen LogP contribution >= 0.6 is 0 Å². The summed E-state index contributed by atoms with van der Waals surface area (Å²) in [4.78, 5) is 0.0663. The van der Waals surface area contributed by atoms with Gasteiger partial charge in [-0.1, -0.05) is 20.8 Å². The largest absolute Gasteiger partial charge is 0.383 e. The van der Waals surface area contributed by atoms with Gasteiger partial charge in [0.1, 0.15) is 10.7 Å². The second-order valence-electron chi connectivity index (χ2n) is 5.18. The van der Waals surface area contributed by atoms with Gasteiger partial charge in [0, 0.05) is 6.54 Å². The number of nitrogens with two attached hydrogens (primary N) is 1. The van der Waals surface area contributed by atoms with E-state index in [1.165, 1.54) is 6.20 Å². The minimum absolute atomic E-state index is 0.0663. The zero-order valence-corrected chi connectivity index (χ0v) is 12.9. The van der Waals surface area contributed by atoms with Crippen molar-refractivity contribution >= 4 is 15.8 Å². The van der Waals surface area contributed by atoms with Crippen LogP contribution < -0.4 is 10.5 Å². The molecule has 1 heterocycles. The zero-order valence-electron chi connectivity index (χ0n) is 12.0. The zero-order chi connectivity index (χ0) is 14.6. The Morgan fingerprint density at radius 2 is 2.05 bits per heavy atom. The first-order chi connectivity index (χ1) is 8.79. The summed E-state index contributed by atoms with van der Waals surface area (Å²) in [7, 11) is -3.57. The predicted molar refractivity (Wildman–Crippen MR) is 76.3 cm³/mol. The molecule has 1 rings (SSSR count). The molecule has 1 unspecified atom stereocenters. The highest BCUT2D eigenvalue weighted by Crippen LogP contribution is 2.22. The third-order valence-electron chi connectivity index (χ3n) is 3.11. The smallest absolute Gasteiger partial charge is 0.245 e. The number of nitrogens with one attached hydrogen (secondary N) is 1. The molecule has 1 atom stereocenters. The van der Waals surface area contributed by atoms with Crippen molar-refractivity contribution in [2.24, 2.45) is 5.92 Å². The highest BCUT2D eigenvalue weighted by Gasteiger charge is 2.22. The Morgan fingerprint density at radius 1 is 1.42 bits per heavy atom. The summed E-state index contributed by atoms with van der Waals surface area (Å²) in [5.41, 5.74) is 5.88. The van der Waals surface area contributed by atoms with Crippen LogP contribution in [-0.2, 0) is 10.0 Å². The summed E-state index contributed by atoms with van der Waals surface area (Å²) in [5.74, 6) is 0.647. The number of nitrogen functional groups attached to an aromatic ring is 1. The molecule has 7 heteroatoms. The molecule has 0 radical (unpaired) electrons. The van der Waals surface area contributed by atoms with Crippen LogP contribution in [0.1, 0.15) is 46.6 Å². The molecular formula is C12H24N4O2S. The maximum Gasteiger partial charge on any atom is 0.245 e. The molecule has 1 aromatic heterocycles. The molecule has 0 aliphatic heterocycles. The fourth-order valence-electron chi connectivity index (χ4n) is 1.65. The van der Waals surface area contributed by atoms with Crippen LogP contribution in [0.5, 0.6) is 0 Å². The lowest BCUT2D eigenvalue weighted by atomic mass is 10.1. The van der Waals surface area contributed by atoms with E-state index in [2.05, 4.69) is 9.82 Å². The van der Waals surface area contributed by atoms with Crippen molar-refractivity contribution in [2.75, 3.05) is 12.3 Å². The Morgan fingerprint density at radius 3 is 2.58 bits per heavy atom. The Kier molecular flexibility index (Phi) is 5.37. The molecule has 0 bridgehead atoms. The van der Waals surface area contributed by atoms with Crippen LogP contribution in [0.15, 0.2) is 11.1 Å². The van der Waals surface area contributed by atoms with E-state index in [0.29, 0.717) is 12.5 Å². The molecule has 0 saturated heterocycles. The normalized spacial score (nSPS) is 13.9. The van der Waals surface area contributed by atoms with Crippen molar-refractivity contribution in [3.63, 3.8) is 0 Å². The van der Waals surface area contributed by atoms with Gasteiger partial charge in [0.2, 0.25) is 10.0 Å². The number of aromatic nitrogens is 2. The summed E-state index contributed by atoms with van der Waals surface area (Å²) >= 11 is 0.